The smallest absolute Gasteiger partial charge is 0.338 e. The van der Waals surface area contributed by atoms with Crippen molar-refractivity contribution in [2.24, 2.45) is 0 Å². The van der Waals surface area contributed by atoms with Gasteiger partial charge in [0.25, 0.3) is 5.91 Å². The summed E-state index contributed by atoms with van der Waals surface area (Å²) < 4.78 is 16.1. The van der Waals surface area contributed by atoms with Gasteiger partial charge in [0, 0.05) is 10.7 Å². The van der Waals surface area contributed by atoms with E-state index >= 15 is 0 Å². The van der Waals surface area contributed by atoms with Gasteiger partial charge in [-0.25, -0.2) is 4.79 Å². The van der Waals surface area contributed by atoms with Gasteiger partial charge in [-0.2, -0.15) is 0 Å². The number of esters is 1. The van der Waals surface area contributed by atoms with Gasteiger partial charge < -0.3 is 19.3 Å². The van der Waals surface area contributed by atoms with Crippen LogP contribution in [0.25, 0.3) is 0 Å². The lowest BCUT2D eigenvalue weighted by atomic mass is 10.2. The summed E-state index contributed by atoms with van der Waals surface area (Å²) in [5.74, 6) is 0.245. The highest BCUT2D eigenvalue weighted by molar-refractivity contribution is 6.30. The molecule has 1 amide bonds. The van der Waals surface area contributed by atoms with E-state index in [-0.39, 0.29) is 0 Å². The standard InChI is InChI=1S/C22H21ClN2O5/c1-13-20(14(2)30-25-13)12-28-19-10-4-16(5-11-19)22(27)29-15(3)21(26)24-18-8-6-17(23)7-9-18/h4-11,15H,12H2,1-3H3,(H,24,26)/t15-/m0/s1. The van der Waals surface area contributed by atoms with Gasteiger partial charge in [-0.3, -0.25) is 4.79 Å². The Morgan fingerprint density at radius 3 is 2.37 bits per heavy atom. The summed E-state index contributed by atoms with van der Waals surface area (Å²) in [6.07, 6.45) is -0.969. The molecule has 8 heteroatoms. The van der Waals surface area contributed by atoms with Gasteiger partial charge in [0.2, 0.25) is 0 Å². The van der Waals surface area contributed by atoms with Crippen LogP contribution in [-0.2, 0) is 16.1 Å². The molecule has 2 aromatic carbocycles. The molecule has 30 heavy (non-hydrogen) atoms. The molecule has 0 saturated heterocycles. The number of halogens is 1. The first-order valence-electron chi connectivity index (χ1n) is 9.25. The molecule has 0 aliphatic heterocycles. The monoisotopic (exact) mass is 428 g/mol. The molecule has 1 atom stereocenters. The molecule has 0 aliphatic rings. The summed E-state index contributed by atoms with van der Waals surface area (Å²) in [7, 11) is 0. The van der Waals surface area contributed by atoms with Crippen LogP contribution in [0.4, 0.5) is 5.69 Å². The first kappa shape index (κ1) is 21.4. The van der Waals surface area contributed by atoms with Gasteiger partial charge in [-0.1, -0.05) is 16.8 Å². The number of hydrogen-bond acceptors (Lipinski definition) is 6. The Morgan fingerprint density at radius 2 is 1.77 bits per heavy atom. The van der Waals surface area contributed by atoms with E-state index in [0.29, 0.717) is 34.4 Å². The predicted molar refractivity (Wildman–Crippen MR) is 112 cm³/mol. The van der Waals surface area contributed by atoms with E-state index in [1.165, 1.54) is 6.92 Å². The van der Waals surface area contributed by atoms with Crippen LogP contribution in [0.15, 0.2) is 53.1 Å². The fraction of sp³-hybridized carbons (Fsp3) is 0.227. The third-order valence-electron chi connectivity index (χ3n) is 4.42. The third-order valence-corrected chi connectivity index (χ3v) is 4.67. The number of ether oxygens (including phenoxy) is 2. The maximum Gasteiger partial charge on any atom is 0.338 e. The molecular formula is C22H21ClN2O5. The van der Waals surface area contributed by atoms with Crippen LogP contribution in [0, 0.1) is 13.8 Å². The summed E-state index contributed by atoms with van der Waals surface area (Å²) in [6, 6.07) is 13.1. The molecule has 1 aromatic heterocycles. The zero-order chi connectivity index (χ0) is 21.7. The van der Waals surface area contributed by atoms with Crippen LogP contribution in [0.3, 0.4) is 0 Å². The Kier molecular flexibility index (Phi) is 6.74. The van der Waals surface area contributed by atoms with E-state index in [9.17, 15) is 9.59 Å². The van der Waals surface area contributed by atoms with Crippen LogP contribution in [-0.4, -0.2) is 23.1 Å². The molecule has 0 aliphatic carbocycles. The summed E-state index contributed by atoms with van der Waals surface area (Å²) in [5.41, 5.74) is 2.54. The second-order valence-electron chi connectivity index (χ2n) is 6.66. The zero-order valence-electron chi connectivity index (χ0n) is 16.8. The molecule has 0 fully saturated rings. The summed E-state index contributed by atoms with van der Waals surface area (Å²) in [6.45, 7) is 5.48. The van der Waals surface area contributed by atoms with Crippen molar-refractivity contribution in [1.82, 2.24) is 5.16 Å². The van der Waals surface area contributed by atoms with E-state index in [1.807, 2.05) is 13.8 Å². The van der Waals surface area contributed by atoms with Gasteiger partial charge in [0.05, 0.1) is 16.8 Å². The van der Waals surface area contributed by atoms with Crippen molar-refractivity contribution < 1.29 is 23.6 Å². The third kappa shape index (κ3) is 5.39. The lowest BCUT2D eigenvalue weighted by molar-refractivity contribution is -0.123. The maximum absolute atomic E-state index is 12.3. The predicted octanol–water partition coefficient (Wildman–Crippen LogP) is 4.71. The first-order valence-corrected chi connectivity index (χ1v) is 9.63. The van der Waals surface area contributed by atoms with E-state index in [2.05, 4.69) is 10.5 Å². The van der Waals surface area contributed by atoms with Gasteiger partial charge in [0.15, 0.2) is 6.10 Å². The number of nitrogens with zero attached hydrogens (tertiary/aromatic N) is 1. The number of anilines is 1. The number of nitrogens with one attached hydrogen (secondary N) is 1. The van der Waals surface area contributed by atoms with Crippen molar-refractivity contribution >= 4 is 29.2 Å². The minimum absolute atomic E-state index is 0.311. The van der Waals surface area contributed by atoms with Crippen molar-refractivity contribution in [2.45, 2.75) is 33.5 Å². The molecule has 0 radical (unpaired) electrons. The summed E-state index contributed by atoms with van der Waals surface area (Å²) in [5, 5.41) is 7.11. The van der Waals surface area contributed by atoms with Crippen LogP contribution in [0.2, 0.25) is 5.02 Å². The minimum Gasteiger partial charge on any atom is -0.489 e. The number of aromatic nitrogens is 1. The van der Waals surface area contributed by atoms with Crippen LogP contribution in [0.5, 0.6) is 5.75 Å². The molecule has 7 nitrogen and oxygen atoms in total. The van der Waals surface area contributed by atoms with Crippen molar-refractivity contribution in [3.8, 4) is 5.75 Å². The van der Waals surface area contributed by atoms with Crippen molar-refractivity contribution in [3.05, 3.63) is 76.1 Å². The Bertz CT molecular complexity index is 1010. The Morgan fingerprint density at radius 1 is 1.10 bits per heavy atom. The molecule has 3 aromatic rings. The molecule has 0 spiro atoms. The molecule has 1 N–H and O–H groups in total. The number of hydrogen-bond donors (Lipinski definition) is 1. The second kappa shape index (κ2) is 9.45. The molecule has 0 bridgehead atoms. The van der Waals surface area contributed by atoms with Crippen molar-refractivity contribution in [2.75, 3.05) is 5.32 Å². The van der Waals surface area contributed by atoms with Crippen LogP contribution < -0.4 is 10.1 Å². The van der Waals surface area contributed by atoms with Crippen LogP contribution in [0.1, 0.15) is 34.3 Å². The highest BCUT2D eigenvalue weighted by Crippen LogP contribution is 2.19. The van der Waals surface area contributed by atoms with Crippen LogP contribution >= 0.6 is 11.6 Å². The Hall–Kier alpha value is -3.32. The molecule has 156 valence electrons. The molecule has 1 heterocycles. The average Bonchev–Trinajstić information content (AvgIpc) is 3.05. The van der Waals surface area contributed by atoms with E-state index < -0.39 is 18.0 Å². The number of rotatable bonds is 7. The number of benzene rings is 2. The summed E-state index contributed by atoms with van der Waals surface area (Å²) in [4.78, 5) is 24.5. The maximum atomic E-state index is 12.3. The Balaban J connectivity index is 1.53. The molecule has 0 unspecified atom stereocenters. The van der Waals surface area contributed by atoms with Gasteiger partial charge >= 0.3 is 5.97 Å². The lowest BCUT2D eigenvalue weighted by Crippen LogP contribution is -2.29. The minimum atomic E-state index is -0.969. The van der Waals surface area contributed by atoms with Gasteiger partial charge in [0.1, 0.15) is 18.1 Å². The highest BCUT2D eigenvalue weighted by atomic mass is 35.5. The highest BCUT2D eigenvalue weighted by Gasteiger charge is 2.19. The first-order chi connectivity index (χ1) is 14.3. The SMILES string of the molecule is Cc1noc(C)c1COc1ccc(C(=O)O[C@@H](C)C(=O)Nc2ccc(Cl)cc2)cc1. The fourth-order valence-electron chi connectivity index (χ4n) is 2.61. The largest absolute Gasteiger partial charge is 0.489 e. The molecule has 3 rings (SSSR count). The van der Waals surface area contributed by atoms with Gasteiger partial charge in [-0.15, -0.1) is 0 Å². The Labute approximate surface area is 178 Å². The summed E-state index contributed by atoms with van der Waals surface area (Å²) >= 11 is 5.82. The number of carbonyl (C=O) groups excluding carboxylic acids is 2. The quantitative estimate of drug-likeness (QED) is 0.548. The zero-order valence-corrected chi connectivity index (χ0v) is 17.5. The van der Waals surface area contributed by atoms with E-state index in [0.717, 1.165) is 11.3 Å². The normalized spacial score (nSPS) is 11.6. The number of amides is 1. The van der Waals surface area contributed by atoms with Gasteiger partial charge in [-0.05, 0) is 69.3 Å². The topological polar surface area (TPSA) is 90.7 Å². The van der Waals surface area contributed by atoms with E-state index in [4.69, 9.17) is 25.6 Å². The van der Waals surface area contributed by atoms with Crippen molar-refractivity contribution in [1.29, 1.82) is 0 Å². The fourth-order valence-corrected chi connectivity index (χ4v) is 2.74. The number of aryl methyl sites for hydroxylation is 2. The lowest BCUT2D eigenvalue weighted by Gasteiger charge is -2.14. The number of carbonyl (C=O) groups is 2. The van der Waals surface area contributed by atoms with Crippen molar-refractivity contribution in [3.63, 3.8) is 0 Å². The average molecular weight is 429 g/mol. The van der Waals surface area contributed by atoms with E-state index in [1.54, 1.807) is 48.5 Å². The molecule has 0 saturated carbocycles. The molecular weight excluding hydrogens is 408 g/mol. The second-order valence-corrected chi connectivity index (χ2v) is 7.10.